The molecule has 4 rings (SSSR count). The molecule has 0 atom stereocenters. The summed E-state index contributed by atoms with van der Waals surface area (Å²) in [7, 11) is 0. The molecule has 1 fully saturated rings. The molecule has 1 aliphatic heterocycles. The van der Waals surface area contributed by atoms with Crippen LogP contribution in [0.5, 0.6) is 5.88 Å². The number of aliphatic carboxylic acids is 1. The van der Waals surface area contributed by atoms with Gasteiger partial charge in [-0.25, -0.2) is 18.4 Å². The molecule has 8 nitrogen and oxygen atoms in total. The molecular weight excluding hydrogens is 396 g/mol. The number of pyridine rings is 1. The van der Waals surface area contributed by atoms with E-state index in [0.29, 0.717) is 36.0 Å². The number of aryl methyl sites for hydroxylation is 1. The van der Waals surface area contributed by atoms with Crippen LogP contribution in [-0.4, -0.2) is 44.1 Å². The number of aromatic nitrogens is 4. The molecule has 0 unspecified atom stereocenters. The van der Waals surface area contributed by atoms with Gasteiger partial charge in [0.2, 0.25) is 5.88 Å². The van der Waals surface area contributed by atoms with Crippen molar-refractivity contribution in [2.45, 2.75) is 20.0 Å². The number of benzene rings is 1. The topological polar surface area (TPSA) is 93.4 Å². The lowest BCUT2D eigenvalue weighted by atomic mass is 10.00. The van der Waals surface area contributed by atoms with Crippen LogP contribution in [0.15, 0.2) is 42.6 Å². The van der Waals surface area contributed by atoms with Crippen molar-refractivity contribution < 1.29 is 23.4 Å². The Morgan fingerprint density at radius 2 is 1.90 bits per heavy atom. The van der Waals surface area contributed by atoms with Crippen molar-refractivity contribution in [3.8, 4) is 11.6 Å². The van der Waals surface area contributed by atoms with Gasteiger partial charge in [-0.1, -0.05) is 17.3 Å². The van der Waals surface area contributed by atoms with Gasteiger partial charge < -0.3 is 14.7 Å². The van der Waals surface area contributed by atoms with Gasteiger partial charge in [0.15, 0.2) is 0 Å². The number of carboxylic acids is 1. The highest BCUT2D eigenvalue weighted by Crippen LogP contribution is 2.26. The zero-order valence-corrected chi connectivity index (χ0v) is 16.1. The van der Waals surface area contributed by atoms with Crippen LogP contribution in [0, 0.1) is 12.8 Å². The zero-order chi connectivity index (χ0) is 21.3. The third-order valence-electron chi connectivity index (χ3n) is 5.02. The molecule has 0 amide bonds. The van der Waals surface area contributed by atoms with Crippen LogP contribution in [0.3, 0.4) is 0 Å². The third-order valence-corrected chi connectivity index (χ3v) is 5.02. The van der Waals surface area contributed by atoms with Gasteiger partial charge in [0.25, 0.3) is 6.43 Å². The summed E-state index contributed by atoms with van der Waals surface area (Å²) >= 11 is 0. The first kappa shape index (κ1) is 19.7. The maximum Gasteiger partial charge on any atom is 0.310 e. The molecule has 1 aromatic carbocycles. The predicted octanol–water partition coefficient (Wildman–Crippen LogP) is 3.01. The van der Waals surface area contributed by atoms with Gasteiger partial charge in [-0.3, -0.25) is 4.79 Å². The smallest absolute Gasteiger partial charge is 0.310 e. The molecule has 3 heterocycles. The molecule has 0 saturated carbocycles. The first-order valence-corrected chi connectivity index (χ1v) is 9.28. The van der Waals surface area contributed by atoms with Crippen LogP contribution in [-0.2, 0) is 11.4 Å². The first-order valence-electron chi connectivity index (χ1n) is 9.28. The van der Waals surface area contributed by atoms with Gasteiger partial charge >= 0.3 is 5.97 Å². The number of ether oxygens (including phenoxy) is 1. The summed E-state index contributed by atoms with van der Waals surface area (Å²) < 4.78 is 32.8. The zero-order valence-electron chi connectivity index (χ0n) is 16.1. The van der Waals surface area contributed by atoms with Crippen LogP contribution < -0.4 is 9.64 Å². The Balaban J connectivity index is 1.42. The summed E-state index contributed by atoms with van der Waals surface area (Å²) in [5, 5.41) is 17.1. The van der Waals surface area contributed by atoms with E-state index < -0.39 is 12.4 Å². The second-order valence-electron chi connectivity index (χ2n) is 7.01. The summed E-state index contributed by atoms with van der Waals surface area (Å²) in [6.45, 7) is 2.86. The number of alkyl halides is 2. The molecule has 0 aliphatic carbocycles. The summed E-state index contributed by atoms with van der Waals surface area (Å²) in [6.07, 6.45) is -0.890. The molecule has 0 spiro atoms. The minimum Gasteiger partial charge on any atom is -0.481 e. The highest BCUT2D eigenvalue weighted by molar-refractivity contribution is 5.74. The number of carboxylic acid groups (broad SMARTS) is 1. The van der Waals surface area contributed by atoms with Crippen molar-refractivity contribution in [2.75, 3.05) is 18.0 Å². The van der Waals surface area contributed by atoms with Gasteiger partial charge in [0.1, 0.15) is 12.3 Å². The van der Waals surface area contributed by atoms with Crippen molar-refractivity contribution in [3.63, 3.8) is 0 Å². The molecule has 1 saturated heterocycles. The van der Waals surface area contributed by atoms with E-state index in [0.717, 1.165) is 5.69 Å². The molecule has 1 aliphatic rings. The van der Waals surface area contributed by atoms with Gasteiger partial charge in [-0.05, 0) is 25.1 Å². The van der Waals surface area contributed by atoms with E-state index in [9.17, 15) is 13.6 Å². The van der Waals surface area contributed by atoms with Crippen LogP contribution >= 0.6 is 0 Å². The Labute approximate surface area is 170 Å². The highest BCUT2D eigenvalue weighted by atomic mass is 19.3. The molecule has 10 heteroatoms. The minimum atomic E-state index is -2.53. The molecule has 3 aromatic rings. The lowest BCUT2D eigenvalue weighted by Gasteiger charge is -2.38. The summed E-state index contributed by atoms with van der Waals surface area (Å²) in [6, 6.07) is 9.36. The summed E-state index contributed by atoms with van der Waals surface area (Å²) in [5.41, 5.74) is 2.71. The number of rotatable bonds is 7. The quantitative estimate of drug-likeness (QED) is 0.634. The predicted molar refractivity (Wildman–Crippen MR) is 103 cm³/mol. The maximum atomic E-state index is 12.8. The number of nitrogens with zero attached hydrogens (tertiary/aromatic N) is 5. The van der Waals surface area contributed by atoms with Gasteiger partial charge in [0, 0.05) is 24.7 Å². The minimum absolute atomic E-state index is 0.0606. The van der Waals surface area contributed by atoms with Crippen LogP contribution in [0.1, 0.15) is 23.4 Å². The van der Waals surface area contributed by atoms with E-state index in [-0.39, 0.29) is 18.1 Å². The fourth-order valence-corrected chi connectivity index (χ4v) is 3.14. The first-order chi connectivity index (χ1) is 14.4. The average Bonchev–Trinajstić information content (AvgIpc) is 3.06. The Morgan fingerprint density at radius 1 is 1.20 bits per heavy atom. The monoisotopic (exact) mass is 415 g/mol. The Kier molecular flexibility index (Phi) is 5.30. The number of carbonyl (C=O) groups is 1. The third kappa shape index (κ3) is 3.93. The van der Waals surface area contributed by atoms with Gasteiger partial charge in [0.05, 0.1) is 29.2 Å². The molecule has 156 valence electrons. The lowest BCUT2D eigenvalue weighted by molar-refractivity contribution is -0.142. The number of hydrogen-bond donors (Lipinski definition) is 1. The molecule has 30 heavy (non-hydrogen) atoms. The van der Waals surface area contributed by atoms with E-state index in [1.54, 1.807) is 36.0 Å². The van der Waals surface area contributed by atoms with E-state index in [2.05, 4.69) is 15.3 Å². The normalized spacial score (nSPS) is 14.1. The van der Waals surface area contributed by atoms with Crippen molar-refractivity contribution in [3.05, 3.63) is 59.5 Å². The molecule has 2 aromatic heterocycles. The number of halogens is 2. The van der Waals surface area contributed by atoms with Crippen LogP contribution in [0.25, 0.3) is 5.69 Å². The van der Waals surface area contributed by atoms with Gasteiger partial charge in [-0.2, -0.15) is 0 Å². The maximum absolute atomic E-state index is 12.8. The van der Waals surface area contributed by atoms with Crippen molar-refractivity contribution in [1.29, 1.82) is 0 Å². The number of anilines is 1. The second-order valence-corrected chi connectivity index (χ2v) is 7.01. The average molecular weight is 415 g/mol. The SMILES string of the molecule is Cc1nnn(-c2ccc(C(F)F)cc2)c1COc1ccc(N2CC(C(=O)O)C2)cn1. The molecule has 1 N–H and O–H groups in total. The summed E-state index contributed by atoms with van der Waals surface area (Å²) in [4.78, 5) is 17.1. The highest BCUT2D eigenvalue weighted by Gasteiger charge is 2.32. The Hall–Kier alpha value is -3.56. The van der Waals surface area contributed by atoms with Crippen LogP contribution in [0.2, 0.25) is 0 Å². The second kappa shape index (κ2) is 8.05. The Bertz CT molecular complexity index is 1030. The molecular formula is C20H19F2N5O3. The van der Waals surface area contributed by atoms with E-state index in [4.69, 9.17) is 9.84 Å². The Morgan fingerprint density at radius 3 is 2.50 bits per heavy atom. The van der Waals surface area contributed by atoms with Crippen molar-refractivity contribution in [1.82, 2.24) is 20.0 Å². The van der Waals surface area contributed by atoms with E-state index in [1.165, 1.54) is 12.1 Å². The lowest BCUT2D eigenvalue weighted by Crippen LogP contribution is -2.50. The number of hydrogen-bond acceptors (Lipinski definition) is 6. The molecule has 0 radical (unpaired) electrons. The standard InChI is InChI=1S/C20H19F2N5O3/c1-12-17(27(25-24-12)15-4-2-13(3-5-15)19(21)22)11-30-18-7-6-16(8-23-18)26-9-14(10-26)20(28)29/h2-8,14,19H,9-11H2,1H3,(H,28,29). The van der Waals surface area contributed by atoms with Crippen molar-refractivity contribution >= 4 is 11.7 Å². The van der Waals surface area contributed by atoms with E-state index in [1.807, 2.05) is 11.0 Å². The van der Waals surface area contributed by atoms with Crippen LogP contribution in [0.4, 0.5) is 14.5 Å². The molecule has 0 bridgehead atoms. The van der Waals surface area contributed by atoms with Crippen molar-refractivity contribution in [2.24, 2.45) is 5.92 Å². The van der Waals surface area contributed by atoms with Gasteiger partial charge in [-0.15, -0.1) is 5.10 Å². The fourth-order valence-electron chi connectivity index (χ4n) is 3.14. The summed E-state index contributed by atoms with van der Waals surface area (Å²) in [5.74, 6) is -0.732. The fraction of sp³-hybridized carbons (Fsp3) is 0.300. The van der Waals surface area contributed by atoms with E-state index >= 15 is 0 Å². The largest absolute Gasteiger partial charge is 0.481 e.